The number of hydrogen-bond donors (Lipinski definition) is 8. The zero-order valence-corrected chi connectivity index (χ0v) is 30.8. The molecule has 0 saturated heterocycles. The number of nitrogens with zero attached hydrogens (tertiary/aromatic N) is 3. The molecule has 1 aromatic heterocycles. The summed E-state index contributed by atoms with van der Waals surface area (Å²) in [6, 6.07) is 9.34. The maximum atomic E-state index is 14.2. The zero-order chi connectivity index (χ0) is 39.1. The van der Waals surface area contributed by atoms with Gasteiger partial charge >= 0.3 is 12.2 Å². The van der Waals surface area contributed by atoms with Crippen molar-refractivity contribution < 1.29 is 38.7 Å². The van der Waals surface area contributed by atoms with E-state index in [1.54, 1.807) is 46.8 Å². The van der Waals surface area contributed by atoms with Crippen LogP contribution in [0.1, 0.15) is 86.5 Å². The molecule has 0 aliphatic carbocycles. The van der Waals surface area contributed by atoms with Crippen LogP contribution in [-0.2, 0) is 27.2 Å². The molecule has 2 aromatic carbocycles. The Morgan fingerprint density at radius 2 is 1.60 bits per heavy atom. The highest BCUT2D eigenvalue weighted by Crippen LogP contribution is 2.24. The number of nitrogens with one attached hydrogen (secondary N) is 4. The summed E-state index contributed by atoms with van der Waals surface area (Å²) in [7, 11) is 0. The summed E-state index contributed by atoms with van der Waals surface area (Å²) in [6.45, 7) is 9.10. The van der Waals surface area contributed by atoms with Crippen molar-refractivity contribution in [3.8, 4) is 5.75 Å². The number of benzene rings is 2. The van der Waals surface area contributed by atoms with Gasteiger partial charge in [-0.15, -0.1) is 0 Å². The van der Waals surface area contributed by atoms with Gasteiger partial charge in [0.25, 0.3) is 0 Å². The average molecular weight is 738 g/mol. The number of rotatable bonds is 18. The maximum absolute atomic E-state index is 14.2. The van der Waals surface area contributed by atoms with Crippen molar-refractivity contribution in [2.75, 3.05) is 13.1 Å². The van der Waals surface area contributed by atoms with Gasteiger partial charge in [-0.2, -0.15) is 4.98 Å². The van der Waals surface area contributed by atoms with Gasteiger partial charge in [-0.25, -0.2) is 9.59 Å². The van der Waals surface area contributed by atoms with Crippen molar-refractivity contribution in [1.29, 1.82) is 0 Å². The second-order valence-corrected chi connectivity index (χ2v) is 13.6. The lowest BCUT2D eigenvalue weighted by Gasteiger charge is -2.25. The smallest absolute Gasteiger partial charge is 0.407 e. The van der Waals surface area contributed by atoms with E-state index in [4.69, 9.17) is 20.7 Å². The van der Waals surface area contributed by atoms with E-state index in [-0.39, 0.29) is 37.0 Å². The van der Waals surface area contributed by atoms with E-state index in [1.165, 1.54) is 0 Å². The number of phenols is 1. The van der Waals surface area contributed by atoms with E-state index in [0.29, 0.717) is 54.7 Å². The molecule has 0 radical (unpaired) electrons. The lowest BCUT2D eigenvalue weighted by molar-refractivity contribution is -0.130. The standard InChI is InChI=1S/C36H51N9O8/c1-21-17-24(46)18-22(2)25(21)20-28(42-30(47)26(43-34(49)50)14-16-39-33(37)38)31(48)41-27(13-9-10-15-40-35(51)52-36(3,4)5)32-44-29(45-53-32)19-23-11-7-6-8-12-23/h6-8,11-12,17-18,26-28,43,46H,9-10,13-16,19-20H2,1-5H3,(H,40,51)(H,41,48)(H,42,47)(H,49,50)(H4,37,38,39)/t26-,27+,28+/m1/s1. The van der Waals surface area contributed by atoms with Crippen LogP contribution >= 0.6 is 0 Å². The van der Waals surface area contributed by atoms with Crippen LogP contribution in [0.15, 0.2) is 52.0 Å². The number of nitrogens with two attached hydrogens (primary N) is 2. The fourth-order valence-electron chi connectivity index (χ4n) is 5.49. The van der Waals surface area contributed by atoms with Gasteiger partial charge in [0.2, 0.25) is 17.7 Å². The van der Waals surface area contributed by atoms with Crippen LogP contribution in [0, 0.1) is 13.8 Å². The summed E-state index contributed by atoms with van der Waals surface area (Å²) >= 11 is 0. The second-order valence-electron chi connectivity index (χ2n) is 13.6. The molecule has 0 aliphatic heterocycles. The first-order valence-electron chi connectivity index (χ1n) is 17.3. The molecule has 288 valence electrons. The molecule has 3 aromatic rings. The fraction of sp³-hybridized carbons (Fsp3) is 0.472. The molecule has 17 nitrogen and oxygen atoms in total. The number of aryl methyl sites for hydroxylation is 2. The predicted molar refractivity (Wildman–Crippen MR) is 196 cm³/mol. The van der Waals surface area contributed by atoms with Gasteiger partial charge in [0.1, 0.15) is 29.5 Å². The van der Waals surface area contributed by atoms with E-state index < -0.39 is 47.7 Å². The highest BCUT2D eigenvalue weighted by Gasteiger charge is 2.31. The molecule has 0 unspecified atom stereocenters. The number of ether oxygens (including phenoxy) is 1. The molecule has 0 aliphatic rings. The molecular weight excluding hydrogens is 686 g/mol. The summed E-state index contributed by atoms with van der Waals surface area (Å²) in [5, 5.41) is 34.2. The topological polar surface area (TPSA) is 269 Å². The molecule has 0 bridgehead atoms. The first-order valence-corrected chi connectivity index (χ1v) is 17.3. The van der Waals surface area contributed by atoms with E-state index in [9.17, 15) is 29.4 Å². The minimum atomic E-state index is -1.45. The fourth-order valence-corrected chi connectivity index (χ4v) is 5.49. The van der Waals surface area contributed by atoms with Crippen LogP contribution in [0.5, 0.6) is 5.75 Å². The highest BCUT2D eigenvalue weighted by atomic mass is 16.6. The molecular formula is C36H51N9O8. The number of hydrogen-bond acceptors (Lipinski definition) is 10. The molecule has 0 spiro atoms. The summed E-state index contributed by atoms with van der Waals surface area (Å²) in [5.41, 5.74) is 13.2. The van der Waals surface area contributed by atoms with Crippen LogP contribution in [-0.4, -0.2) is 81.1 Å². The van der Waals surface area contributed by atoms with Crippen LogP contribution in [0.4, 0.5) is 9.59 Å². The molecule has 3 atom stereocenters. The number of aromatic nitrogens is 2. The summed E-state index contributed by atoms with van der Waals surface area (Å²) in [4.78, 5) is 59.8. The first-order chi connectivity index (χ1) is 25.0. The first kappa shape index (κ1) is 41.5. The van der Waals surface area contributed by atoms with E-state index in [1.807, 2.05) is 30.3 Å². The minimum Gasteiger partial charge on any atom is -0.508 e. The van der Waals surface area contributed by atoms with Gasteiger partial charge in [0, 0.05) is 25.9 Å². The van der Waals surface area contributed by atoms with Crippen molar-refractivity contribution in [2.45, 2.75) is 96.9 Å². The minimum absolute atomic E-state index is 0.00116. The molecule has 10 N–H and O–H groups in total. The Labute approximate surface area is 308 Å². The van der Waals surface area contributed by atoms with Gasteiger partial charge in [-0.05, 0) is 94.7 Å². The summed E-state index contributed by atoms with van der Waals surface area (Å²) in [6.07, 6.45) is -0.329. The number of aliphatic imine (C=N–C) groups is 1. The van der Waals surface area contributed by atoms with Gasteiger partial charge in [0.15, 0.2) is 11.8 Å². The highest BCUT2D eigenvalue weighted by molar-refractivity contribution is 5.91. The third kappa shape index (κ3) is 14.7. The SMILES string of the molecule is Cc1cc(O)cc(C)c1C[C@H](NC(=O)[C@@H](CCN=C(N)N)NC(=O)O)C(=O)N[C@@H](CCCCNC(=O)OC(C)(C)C)c1nc(Cc2ccccc2)no1. The normalized spacial score (nSPS) is 12.8. The number of aromatic hydroxyl groups is 1. The zero-order valence-electron chi connectivity index (χ0n) is 30.8. The Morgan fingerprint density at radius 3 is 2.23 bits per heavy atom. The number of carbonyl (C=O) groups is 4. The van der Waals surface area contributed by atoms with E-state index >= 15 is 0 Å². The van der Waals surface area contributed by atoms with Gasteiger partial charge in [0.05, 0.1) is 0 Å². The molecule has 53 heavy (non-hydrogen) atoms. The molecule has 3 rings (SSSR count). The lowest BCUT2D eigenvalue weighted by atomic mass is 9.95. The number of amides is 4. The lowest BCUT2D eigenvalue weighted by Crippen LogP contribution is -2.55. The monoisotopic (exact) mass is 737 g/mol. The number of carbonyl (C=O) groups excluding carboxylic acids is 3. The number of carboxylic acid groups (broad SMARTS) is 1. The number of phenolic OH excluding ortho intramolecular Hbond substituents is 1. The van der Waals surface area contributed by atoms with Crippen LogP contribution in [0.2, 0.25) is 0 Å². The third-order valence-electron chi connectivity index (χ3n) is 7.94. The molecule has 0 fully saturated rings. The number of unbranched alkanes of at least 4 members (excludes halogenated alkanes) is 1. The van der Waals surface area contributed by atoms with Crippen molar-refractivity contribution in [3.63, 3.8) is 0 Å². The molecule has 17 heteroatoms. The van der Waals surface area contributed by atoms with Gasteiger partial charge in [-0.1, -0.05) is 35.5 Å². The predicted octanol–water partition coefficient (Wildman–Crippen LogP) is 2.86. The van der Waals surface area contributed by atoms with Crippen molar-refractivity contribution >= 4 is 30.0 Å². The maximum Gasteiger partial charge on any atom is 0.407 e. The Morgan fingerprint density at radius 1 is 0.943 bits per heavy atom. The summed E-state index contributed by atoms with van der Waals surface area (Å²) < 4.78 is 10.9. The average Bonchev–Trinajstić information content (AvgIpc) is 3.52. The summed E-state index contributed by atoms with van der Waals surface area (Å²) in [5.74, 6) is -1.02. The largest absolute Gasteiger partial charge is 0.508 e. The molecule has 1 heterocycles. The van der Waals surface area contributed by atoms with Crippen molar-refractivity contribution in [1.82, 2.24) is 31.4 Å². The van der Waals surface area contributed by atoms with E-state index in [0.717, 1.165) is 5.56 Å². The molecule has 0 saturated carbocycles. The second kappa shape index (κ2) is 19.7. The Kier molecular flexibility index (Phi) is 15.4. The van der Waals surface area contributed by atoms with Gasteiger partial charge < -0.3 is 52.2 Å². The van der Waals surface area contributed by atoms with Crippen LogP contribution in [0.25, 0.3) is 0 Å². The van der Waals surface area contributed by atoms with Crippen LogP contribution < -0.4 is 32.7 Å². The van der Waals surface area contributed by atoms with E-state index in [2.05, 4.69) is 36.4 Å². The quantitative estimate of drug-likeness (QED) is 0.0532. The Balaban J connectivity index is 1.88. The van der Waals surface area contributed by atoms with Crippen molar-refractivity contribution in [3.05, 3.63) is 76.4 Å². The Bertz CT molecular complexity index is 1700. The number of guanidine groups is 1. The molecule has 4 amide bonds. The van der Waals surface area contributed by atoms with Crippen LogP contribution in [0.3, 0.4) is 0 Å². The van der Waals surface area contributed by atoms with Crippen molar-refractivity contribution in [2.24, 2.45) is 16.5 Å². The van der Waals surface area contributed by atoms with Gasteiger partial charge in [-0.3, -0.25) is 14.6 Å². The number of alkyl carbamates (subject to hydrolysis) is 1. The third-order valence-corrected chi connectivity index (χ3v) is 7.94. The Hall–Kier alpha value is -5.87.